The van der Waals surface area contributed by atoms with E-state index in [1.807, 2.05) is 12.1 Å². The summed E-state index contributed by atoms with van der Waals surface area (Å²) in [6, 6.07) is 7.71. The number of sulfonamides is 1. The Morgan fingerprint density at radius 1 is 1.10 bits per heavy atom. The minimum atomic E-state index is -3.42. The maximum absolute atomic E-state index is 12.2. The lowest BCUT2D eigenvalue weighted by Gasteiger charge is -2.30. The molecule has 0 spiro atoms. The van der Waals surface area contributed by atoms with Crippen LogP contribution in [0.1, 0.15) is 33.3 Å². The summed E-state index contributed by atoms with van der Waals surface area (Å²) in [5, 5.41) is 0.721. The zero-order chi connectivity index (χ0) is 16.0. The quantitative estimate of drug-likeness (QED) is 0.709. The molecule has 0 radical (unpaired) electrons. The number of benzene rings is 1. The van der Waals surface area contributed by atoms with Gasteiger partial charge in [0.05, 0.1) is 4.90 Å². The number of halogens is 1. The molecule has 4 nitrogen and oxygen atoms in total. The summed E-state index contributed by atoms with van der Waals surface area (Å²) in [4.78, 5) is 2.57. The molecule has 0 aromatic heterocycles. The minimum absolute atomic E-state index is 0.313. The van der Waals surface area contributed by atoms with Crippen molar-refractivity contribution in [2.75, 3.05) is 13.1 Å². The Morgan fingerprint density at radius 2 is 1.62 bits per heavy atom. The summed E-state index contributed by atoms with van der Waals surface area (Å²) in [7, 11) is -3.42. The van der Waals surface area contributed by atoms with Crippen molar-refractivity contribution in [3.63, 3.8) is 0 Å². The molecule has 0 atom stereocenters. The van der Waals surface area contributed by atoms with E-state index in [-0.39, 0.29) is 0 Å². The molecule has 0 aliphatic rings. The third kappa shape index (κ3) is 5.70. The normalized spacial score (nSPS) is 12.6. The van der Waals surface area contributed by atoms with Crippen LogP contribution in [0.2, 0.25) is 0 Å². The van der Waals surface area contributed by atoms with Gasteiger partial charge in [-0.15, -0.1) is 0 Å². The first-order valence-corrected chi connectivity index (χ1v) is 9.78. The van der Waals surface area contributed by atoms with Gasteiger partial charge in [0, 0.05) is 30.5 Å². The van der Waals surface area contributed by atoms with E-state index in [0.717, 1.165) is 10.9 Å². The van der Waals surface area contributed by atoms with Crippen LogP contribution in [0.3, 0.4) is 0 Å². The summed E-state index contributed by atoms with van der Waals surface area (Å²) in [6.07, 6.45) is 0. The van der Waals surface area contributed by atoms with Gasteiger partial charge in [0.15, 0.2) is 0 Å². The van der Waals surface area contributed by atoms with Crippen LogP contribution in [0.5, 0.6) is 0 Å². The topological polar surface area (TPSA) is 49.4 Å². The number of alkyl halides is 1. The second kappa shape index (κ2) is 8.27. The second-order valence-electron chi connectivity index (χ2n) is 5.60. The van der Waals surface area contributed by atoms with Crippen LogP contribution in [-0.2, 0) is 15.4 Å². The van der Waals surface area contributed by atoms with Gasteiger partial charge in [-0.05, 0) is 45.4 Å². The average Bonchev–Trinajstić information content (AvgIpc) is 2.42. The van der Waals surface area contributed by atoms with Crippen LogP contribution in [-0.4, -0.2) is 38.5 Å². The Kier molecular flexibility index (Phi) is 7.33. The van der Waals surface area contributed by atoms with Crippen molar-refractivity contribution in [1.29, 1.82) is 0 Å². The molecular weight excluding hydrogens is 352 g/mol. The predicted molar refractivity (Wildman–Crippen MR) is 91.2 cm³/mol. The monoisotopic (exact) mass is 376 g/mol. The van der Waals surface area contributed by atoms with E-state index >= 15 is 0 Å². The highest BCUT2D eigenvalue weighted by Crippen LogP contribution is 2.12. The van der Waals surface area contributed by atoms with E-state index in [9.17, 15) is 8.42 Å². The summed E-state index contributed by atoms with van der Waals surface area (Å²) in [5.41, 5.74) is 1.06. The van der Waals surface area contributed by atoms with Crippen LogP contribution in [0.25, 0.3) is 0 Å². The van der Waals surface area contributed by atoms with Gasteiger partial charge in [0.1, 0.15) is 0 Å². The van der Waals surface area contributed by atoms with E-state index in [1.54, 1.807) is 12.1 Å². The summed E-state index contributed by atoms with van der Waals surface area (Å²) < 4.78 is 27.1. The van der Waals surface area contributed by atoms with Gasteiger partial charge in [0.25, 0.3) is 0 Å². The van der Waals surface area contributed by atoms with Crippen molar-refractivity contribution >= 4 is 26.0 Å². The molecule has 0 amide bonds. The molecule has 1 aromatic carbocycles. The molecule has 0 saturated carbocycles. The number of nitrogens with zero attached hydrogens (tertiary/aromatic N) is 1. The van der Waals surface area contributed by atoms with Crippen molar-refractivity contribution in [2.45, 2.75) is 50.0 Å². The van der Waals surface area contributed by atoms with E-state index in [0.29, 0.717) is 30.1 Å². The SMILES string of the molecule is CC(C)N(CCNS(=O)(=O)c1ccc(CBr)cc1)C(C)C. The number of rotatable bonds is 8. The van der Waals surface area contributed by atoms with Crippen molar-refractivity contribution in [3.8, 4) is 0 Å². The molecule has 0 aliphatic heterocycles. The lowest BCUT2D eigenvalue weighted by Crippen LogP contribution is -2.42. The largest absolute Gasteiger partial charge is 0.297 e. The van der Waals surface area contributed by atoms with Crippen LogP contribution >= 0.6 is 15.9 Å². The second-order valence-corrected chi connectivity index (χ2v) is 7.93. The van der Waals surface area contributed by atoms with Crippen LogP contribution in [0, 0.1) is 0 Å². The molecule has 0 aliphatic carbocycles. The summed E-state index contributed by atoms with van der Waals surface area (Å²) in [6.45, 7) is 9.59. The maximum Gasteiger partial charge on any atom is 0.240 e. The number of nitrogens with one attached hydrogen (secondary N) is 1. The first-order valence-electron chi connectivity index (χ1n) is 7.18. The molecule has 0 saturated heterocycles. The van der Waals surface area contributed by atoms with E-state index < -0.39 is 10.0 Å². The van der Waals surface area contributed by atoms with Gasteiger partial charge in [-0.25, -0.2) is 13.1 Å². The molecule has 0 unspecified atom stereocenters. The zero-order valence-electron chi connectivity index (χ0n) is 13.1. The summed E-state index contributed by atoms with van der Waals surface area (Å²) >= 11 is 3.35. The molecule has 1 rings (SSSR count). The Bertz CT molecular complexity index is 519. The van der Waals surface area contributed by atoms with Crippen molar-refractivity contribution in [1.82, 2.24) is 9.62 Å². The van der Waals surface area contributed by atoms with E-state index in [1.165, 1.54) is 0 Å². The van der Waals surface area contributed by atoms with Crippen LogP contribution in [0.4, 0.5) is 0 Å². The van der Waals surface area contributed by atoms with Gasteiger partial charge in [-0.1, -0.05) is 28.1 Å². The maximum atomic E-state index is 12.2. The highest BCUT2D eigenvalue weighted by atomic mass is 79.9. The highest BCUT2D eigenvalue weighted by molar-refractivity contribution is 9.08. The first kappa shape index (κ1) is 18.6. The molecule has 0 fully saturated rings. The van der Waals surface area contributed by atoms with Crippen LogP contribution in [0.15, 0.2) is 29.2 Å². The average molecular weight is 377 g/mol. The fourth-order valence-electron chi connectivity index (χ4n) is 2.26. The predicted octanol–water partition coefficient (Wildman–Crippen LogP) is 2.98. The van der Waals surface area contributed by atoms with E-state index in [4.69, 9.17) is 0 Å². The standard InChI is InChI=1S/C15H25BrN2O2S/c1-12(2)18(13(3)4)10-9-17-21(19,20)15-7-5-14(11-16)6-8-15/h5-8,12-13,17H,9-11H2,1-4H3. The molecule has 6 heteroatoms. The first-order chi connectivity index (χ1) is 9.77. The molecule has 0 bridgehead atoms. The third-order valence-electron chi connectivity index (χ3n) is 3.38. The van der Waals surface area contributed by atoms with Gasteiger partial charge in [-0.2, -0.15) is 0 Å². The lowest BCUT2D eigenvalue weighted by molar-refractivity contribution is 0.179. The third-order valence-corrected chi connectivity index (χ3v) is 5.50. The summed E-state index contributed by atoms with van der Waals surface area (Å²) in [5.74, 6) is 0. The zero-order valence-corrected chi connectivity index (χ0v) is 15.5. The van der Waals surface area contributed by atoms with Crippen molar-refractivity contribution in [3.05, 3.63) is 29.8 Å². The molecule has 1 N–H and O–H groups in total. The van der Waals surface area contributed by atoms with Crippen LogP contribution < -0.4 is 4.72 Å². The van der Waals surface area contributed by atoms with Gasteiger partial charge >= 0.3 is 0 Å². The number of hydrogen-bond donors (Lipinski definition) is 1. The van der Waals surface area contributed by atoms with Crippen molar-refractivity contribution in [2.24, 2.45) is 0 Å². The molecule has 1 aromatic rings. The fourth-order valence-corrected chi connectivity index (χ4v) is 3.66. The molecular formula is C15H25BrN2O2S. The van der Waals surface area contributed by atoms with Gasteiger partial charge in [-0.3, -0.25) is 4.90 Å². The molecule has 120 valence electrons. The Balaban J connectivity index is 2.64. The van der Waals surface area contributed by atoms with Gasteiger partial charge < -0.3 is 0 Å². The Hall–Kier alpha value is -0.430. The molecule has 0 heterocycles. The lowest BCUT2D eigenvalue weighted by atomic mass is 10.2. The van der Waals surface area contributed by atoms with E-state index in [2.05, 4.69) is 53.2 Å². The van der Waals surface area contributed by atoms with Gasteiger partial charge in [0.2, 0.25) is 10.0 Å². The van der Waals surface area contributed by atoms with Crippen molar-refractivity contribution < 1.29 is 8.42 Å². The fraction of sp³-hybridized carbons (Fsp3) is 0.600. The Morgan fingerprint density at radius 3 is 2.05 bits per heavy atom. The Labute approximate surface area is 137 Å². The highest BCUT2D eigenvalue weighted by Gasteiger charge is 2.16. The molecule has 21 heavy (non-hydrogen) atoms. The smallest absolute Gasteiger partial charge is 0.240 e. The number of hydrogen-bond acceptors (Lipinski definition) is 3. The minimum Gasteiger partial charge on any atom is -0.297 e.